The highest BCUT2D eigenvalue weighted by atomic mass is 127. The molecule has 2 saturated heterocycles. The zero-order valence-electron chi connectivity index (χ0n) is 20.2. The van der Waals surface area contributed by atoms with Crippen molar-refractivity contribution in [2.75, 3.05) is 66.6 Å². The molecule has 1 aromatic rings. The molecule has 0 bridgehead atoms. The molecule has 182 valence electrons. The van der Waals surface area contributed by atoms with Crippen molar-refractivity contribution in [3.63, 3.8) is 0 Å². The summed E-state index contributed by atoms with van der Waals surface area (Å²) in [6, 6.07) is 9.30. The molecule has 2 fully saturated rings. The van der Waals surface area contributed by atoms with Gasteiger partial charge in [0.2, 0.25) is 0 Å². The van der Waals surface area contributed by atoms with E-state index in [1.165, 1.54) is 31.5 Å². The second-order valence-electron chi connectivity index (χ2n) is 8.87. The van der Waals surface area contributed by atoms with Crippen molar-refractivity contribution in [1.29, 1.82) is 0 Å². The van der Waals surface area contributed by atoms with Crippen LogP contribution < -0.4 is 15.4 Å². The third-order valence-corrected chi connectivity index (χ3v) is 6.51. The SMILES string of the molecule is CN=C(NCC1CCCN(C(C)C)C1)NCC(c1ccc(OC)cc1)N1CCOCC1.I. The number of morpholine rings is 1. The van der Waals surface area contributed by atoms with Crippen molar-refractivity contribution < 1.29 is 9.47 Å². The average molecular weight is 560 g/mol. The van der Waals surface area contributed by atoms with Gasteiger partial charge in [-0.1, -0.05) is 12.1 Å². The van der Waals surface area contributed by atoms with E-state index in [1.807, 2.05) is 19.2 Å². The second-order valence-corrected chi connectivity index (χ2v) is 8.87. The topological polar surface area (TPSA) is 61.4 Å². The van der Waals surface area contributed by atoms with E-state index in [1.54, 1.807) is 7.11 Å². The van der Waals surface area contributed by atoms with Crippen LogP contribution in [-0.4, -0.2) is 88.4 Å². The summed E-state index contributed by atoms with van der Waals surface area (Å²) in [6.45, 7) is 12.2. The van der Waals surface area contributed by atoms with Gasteiger partial charge in [0.15, 0.2) is 5.96 Å². The lowest BCUT2D eigenvalue weighted by molar-refractivity contribution is 0.0170. The van der Waals surface area contributed by atoms with Crippen LogP contribution in [0.2, 0.25) is 0 Å². The van der Waals surface area contributed by atoms with Gasteiger partial charge in [0, 0.05) is 45.8 Å². The van der Waals surface area contributed by atoms with Gasteiger partial charge >= 0.3 is 0 Å². The molecule has 7 nitrogen and oxygen atoms in total. The van der Waals surface area contributed by atoms with E-state index in [4.69, 9.17) is 9.47 Å². The largest absolute Gasteiger partial charge is 0.497 e. The standard InChI is InChI=1S/C24H41N5O2.HI/c1-19(2)29-11-5-6-20(18-29)16-26-24(25-3)27-17-23(28-12-14-31-15-13-28)21-7-9-22(30-4)10-8-21;/h7-10,19-20,23H,5-6,11-18H2,1-4H3,(H2,25,26,27);1H. The van der Waals surface area contributed by atoms with E-state index in [0.29, 0.717) is 12.0 Å². The maximum Gasteiger partial charge on any atom is 0.191 e. The number of piperidine rings is 1. The van der Waals surface area contributed by atoms with Crippen molar-refractivity contribution in [3.8, 4) is 5.75 Å². The Hall–Kier alpha value is -1.10. The highest BCUT2D eigenvalue weighted by Gasteiger charge is 2.24. The highest BCUT2D eigenvalue weighted by molar-refractivity contribution is 14.0. The van der Waals surface area contributed by atoms with Crippen LogP contribution in [-0.2, 0) is 4.74 Å². The van der Waals surface area contributed by atoms with Crippen LogP contribution >= 0.6 is 24.0 Å². The summed E-state index contributed by atoms with van der Waals surface area (Å²) in [5.41, 5.74) is 1.28. The van der Waals surface area contributed by atoms with Gasteiger partial charge in [0.05, 0.1) is 26.4 Å². The smallest absolute Gasteiger partial charge is 0.191 e. The van der Waals surface area contributed by atoms with Crippen LogP contribution in [0, 0.1) is 5.92 Å². The normalized spacial score (nSPS) is 21.7. The summed E-state index contributed by atoms with van der Waals surface area (Å²) in [7, 11) is 3.56. The van der Waals surface area contributed by atoms with Gasteiger partial charge in [-0.25, -0.2) is 0 Å². The van der Waals surface area contributed by atoms with Gasteiger partial charge < -0.3 is 25.0 Å². The first-order valence-corrected chi connectivity index (χ1v) is 11.7. The third kappa shape index (κ3) is 8.04. The predicted molar refractivity (Wildman–Crippen MR) is 142 cm³/mol. The minimum Gasteiger partial charge on any atom is -0.497 e. The molecule has 0 spiro atoms. The Kier molecular flexibility index (Phi) is 12.1. The second kappa shape index (κ2) is 14.2. The first kappa shape index (κ1) is 27.1. The van der Waals surface area contributed by atoms with Crippen molar-refractivity contribution >= 4 is 29.9 Å². The molecular weight excluding hydrogens is 517 g/mol. The number of ether oxygens (including phenoxy) is 2. The molecule has 0 radical (unpaired) electrons. The first-order chi connectivity index (χ1) is 15.1. The zero-order chi connectivity index (χ0) is 22.1. The Morgan fingerprint density at radius 3 is 2.47 bits per heavy atom. The van der Waals surface area contributed by atoms with E-state index in [9.17, 15) is 0 Å². The summed E-state index contributed by atoms with van der Waals surface area (Å²) in [4.78, 5) is 9.56. The molecule has 2 unspecified atom stereocenters. The molecule has 32 heavy (non-hydrogen) atoms. The predicted octanol–water partition coefficient (Wildman–Crippen LogP) is 2.97. The monoisotopic (exact) mass is 559 g/mol. The summed E-state index contributed by atoms with van der Waals surface area (Å²) in [5.74, 6) is 2.44. The molecule has 2 heterocycles. The lowest BCUT2D eigenvalue weighted by atomic mass is 9.97. The Morgan fingerprint density at radius 1 is 1.12 bits per heavy atom. The molecular formula is C24H42IN5O2. The van der Waals surface area contributed by atoms with Gasteiger partial charge in [0.25, 0.3) is 0 Å². The van der Waals surface area contributed by atoms with Gasteiger partial charge in [-0.2, -0.15) is 0 Å². The summed E-state index contributed by atoms with van der Waals surface area (Å²) in [5, 5.41) is 7.15. The van der Waals surface area contributed by atoms with Crippen molar-refractivity contribution in [2.45, 2.75) is 38.8 Å². The van der Waals surface area contributed by atoms with Gasteiger partial charge in [-0.15, -0.1) is 24.0 Å². The number of benzene rings is 1. The van der Waals surface area contributed by atoms with Crippen LogP contribution in [0.25, 0.3) is 0 Å². The fourth-order valence-electron chi connectivity index (χ4n) is 4.56. The van der Waals surface area contributed by atoms with Crippen LogP contribution in [0.3, 0.4) is 0 Å². The molecule has 2 N–H and O–H groups in total. The number of methoxy groups -OCH3 is 1. The minimum atomic E-state index is 0. The van der Waals surface area contributed by atoms with Gasteiger partial charge in [-0.05, 0) is 56.8 Å². The number of nitrogens with one attached hydrogen (secondary N) is 2. The lowest BCUT2D eigenvalue weighted by Gasteiger charge is -2.36. The Balaban J connectivity index is 0.00000363. The molecule has 0 saturated carbocycles. The summed E-state index contributed by atoms with van der Waals surface area (Å²) in [6.07, 6.45) is 2.57. The Labute approximate surface area is 211 Å². The highest BCUT2D eigenvalue weighted by Crippen LogP contribution is 2.24. The molecule has 0 aromatic heterocycles. The molecule has 2 aliphatic rings. The number of hydrogen-bond donors (Lipinski definition) is 2. The maximum atomic E-state index is 5.58. The minimum absolute atomic E-state index is 0. The average Bonchev–Trinajstić information content (AvgIpc) is 2.82. The molecule has 8 heteroatoms. The van der Waals surface area contributed by atoms with E-state index < -0.39 is 0 Å². The molecule has 0 aliphatic carbocycles. The number of hydrogen-bond acceptors (Lipinski definition) is 5. The summed E-state index contributed by atoms with van der Waals surface area (Å²) < 4.78 is 10.9. The summed E-state index contributed by atoms with van der Waals surface area (Å²) >= 11 is 0. The zero-order valence-corrected chi connectivity index (χ0v) is 22.5. The van der Waals surface area contributed by atoms with E-state index in [0.717, 1.165) is 51.1 Å². The van der Waals surface area contributed by atoms with Crippen molar-refractivity contribution in [2.24, 2.45) is 10.9 Å². The van der Waals surface area contributed by atoms with E-state index in [-0.39, 0.29) is 30.0 Å². The number of likely N-dealkylation sites (tertiary alicyclic amines) is 1. The molecule has 1 aromatic carbocycles. The van der Waals surface area contributed by atoms with Gasteiger partial charge in [-0.3, -0.25) is 9.89 Å². The molecule has 2 aliphatic heterocycles. The maximum absolute atomic E-state index is 5.58. The van der Waals surface area contributed by atoms with Gasteiger partial charge in [0.1, 0.15) is 5.75 Å². The number of halogens is 1. The number of guanidine groups is 1. The van der Waals surface area contributed by atoms with E-state index >= 15 is 0 Å². The molecule has 0 amide bonds. The van der Waals surface area contributed by atoms with E-state index in [2.05, 4.69) is 51.4 Å². The van der Waals surface area contributed by atoms with Crippen LogP contribution in [0.5, 0.6) is 5.75 Å². The van der Waals surface area contributed by atoms with Crippen molar-refractivity contribution in [3.05, 3.63) is 29.8 Å². The van der Waals surface area contributed by atoms with Crippen LogP contribution in [0.1, 0.15) is 38.3 Å². The number of nitrogens with zero attached hydrogens (tertiary/aromatic N) is 3. The third-order valence-electron chi connectivity index (χ3n) is 6.51. The Bertz CT molecular complexity index is 679. The fourth-order valence-corrected chi connectivity index (χ4v) is 4.56. The number of aliphatic imine (C=N–C) groups is 1. The first-order valence-electron chi connectivity index (χ1n) is 11.7. The quantitative estimate of drug-likeness (QED) is 0.290. The Morgan fingerprint density at radius 2 is 1.84 bits per heavy atom. The molecule has 3 rings (SSSR count). The fraction of sp³-hybridized carbons (Fsp3) is 0.708. The van der Waals surface area contributed by atoms with Crippen molar-refractivity contribution in [1.82, 2.24) is 20.4 Å². The molecule has 2 atom stereocenters. The number of rotatable bonds is 8. The van der Waals surface area contributed by atoms with Crippen LogP contribution in [0.4, 0.5) is 0 Å². The van der Waals surface area contributed by atoms with Crippen LogP contribution in [0.15, 0.2) is 29.3 Å². The lowest BCUT2D eigenvalue weighted by Crippen LogP contribution is -2.48.